The van der Waals surface area contributed by atoms with Crippen LogP contribution < -0.4 is 5.32 Å². The van der Waals surface area contributed by atoms with Crippen LogP contribution >= 0.6 is 0 Å². The highest BCUT2D eigenvalue weighted by Crippen LogP contribution is 2.26. The van der Waals surface area contributed by atoms with Gasteiger partial charge in [0.25, 0.3) is 0 Å². The molecule has 100 valence electrons. The molecule has 0 aliphatic heterocycles. The van der Waals surface area contributed by atoms with Crippen LogP contribution in [-0.4, -0.2) is 35.6 Å². The lowest BCUT2D eigenvalue weighted by molar-refractivity contribution is 0.0404. The van der Waals surface area contributed by atoms with Crippen LogP contribution in [0.5, 0.6) is 0 Å². The van der Waals surface area contributed by atoms with Crippen molar-refractivity contribution in [2.45, 2.75) is 57.8 Å². The fourth-order valence-corrected chi connectivity index (χ4v) is 2.06. The highest BCUT2D eigenvalue weighted by Gasteiger charge is 2.32. The summed E-state index contributed by atoms with van der Waals surface area (Å²) in [5.74, 6) is -0.216. The van der Waals surface area contributed by atoms with Gasteiger partial charge in [-0.3, -0.25) is 0 Å². The molecule has 0 aromatic carbocycles. The zero-order valence-electron chi connectivity index (χ0n) is 10.7. The fourth-order valence-electron chi connectivity index (χ4n) is 2.06. The number of carbonyl (C=O) groups excluding carboxylic acids is 1. The molecule has 1 fully saturated rings. The number of ether oxygens (including phenoxy) is 1. The number of aliphatic hydroxyl groups excluding tert-OH is 1. The quantitative estimate of drug-likeness (QED) is 0.784. The van der Waals surface area contributed by atoms with Crippen LogP contribution in [0.2, 0.25) is 0 Å². The molecule has 4 nitrogen and oxygen atoms in total. The number of alkyl carbamates (subject to hydrolysis) is 1. The summed E-state index contributed by atoms with van der Waals surface area (Å²) in [6.45, 7) is 5.25. The summed E-state index contributed by atoms with van der Waals surface area (Å²) in [4.78, 5) is 11.6. The van der Waals surface area contributed by atoms with Gasteiger partial charge in [-0.05, 0) is 40.0 Å². The van der Waals surface area contributed by atoms with Crippen molar-refractivity contribution in [1.29, 1.82) is 0 Å². The maximum absolute atomic E-state index is 13.1. The van der Waals surface area contributed by atoms with Gasteiger partial charge in [0, 0.05) is 18.6 Å². The number of nitrogens with one attached hydrogen (secondary N) is 1. The summed E-state index contributed by atoms with van der Waals surface area (Å²) in [5.41, 5.74) is -0.546. The van der Waals surface area contributed by atoms with Crippen molar-refractivity contribution >= 4 is 6.09 Å². The summed E-state index contributed by atoms with van der Waals surface area (Å²) >= 11 is 0. The first kappa shape index (κ1) is 14.2. The lowest BCUT2D eigenvalue weighted by Gasteiger charge is -2.33. The minimum atomic E-state index is -0.871. The molecule has 0 heterocycles. The largest absolute Gasteiger partial charge is 0.444 e. The molecular formula is C12H22FNO3. The number of rotatable bonds is 2. The molecule has 0 bridgehead atoms. The van der Waals surface area contributed by atoms with E-state index in [0.717, 1.165) is 0 Å². The second kappa shape index (κ2) is 5.67. The van der Waals surface area contributed by atoms with Gasteiger partial charge < -0.3 is 15.2 Å². The van der Waals surface area contributed by atoms with Gasteiger partial charge in [0.15, 0.2) is 0 Å². The Kier molecular flexibility index (Phi) is 4.74. The van der Waals surface area contributed by atoms with E-state index < -0.39 is 17.9 Å². The van der Waals surface area contributed by atoms with E-state index in [4.69, 9.17) is 9.84 Å². The highest BCUT2D eigenvalue weighted by molar-refractivity contribution is 5.68. The zero-order chi connectivity index (χ0) is 13.1. The lowest BCUT2D eigenvalue weighted by Crippen LogP contribution is -2.47. The van der Waals surface area contributed by atoms with Crippen molar-refractivity contribution in [3.63, 3.8) is 0 Å². The van der Waals surface area contributed by atoms with E-state index in [-0.39, 0.29) is 18.6 Å². The third-order valence-corrected chi connectivity index (χ3v) is 2.86. The Balaban J connectivity index is 2.47. The van der Waals surface area contributed by atoms with Gasteiger partial charge in [0.05, 0.1) is 0 Å². The second-order valence-electron chi connectivity index (χ2n) is 5.61. The van der Waals surface area contributed by atoms with Gasteiger partial charge in [0.1, 0.15) is 11.8 Å². The minimum absolute atomic E-state index is 0.110. The van der Waals surface area contributed by atoms with Gasteiger partial charge in [-0.1, -0.05) is 0 Å². The van der Waals surface area contributed by atoms with Crippen LogP contribution in [0.3, 0.4) is 0 Å². The van der Waals surface area contributed by atoms with E-state index >= 15 is 0 Å². The Morgan fingerprint density at radius 3 is 2.65 bits per heavy atom. The Labute approximate surface area is 102 Å². The number of alkyl halides is 1. The molecule has 1 amide bonds. The predicted octanol–water partition coefficient (Wildman–Crippen LogP) is 2.01. The van der Waals surface area contributed by atoms with Gasteiger partial charge in [0.2, 0.25) is 0 Å². The molecule has 0 spiro atoms. The average Bonchev–Trinajstić information content (AvgIpc) is 2.17. The molecule has 1 aliphatic carbocycles. The summed E-state index contributed by atoms with van der Waals surface area (Å²) in [6.07, 6.45) is -0.0957. The SMILES string of the molecule is CC(C)(C)OC(=O)N[C@H]1CC[C@@H](F)C[C@@H]1CO. The third kappa shape index (κ3) is 4.89. The lowest BCUT2D eigenvalue weighted by atomic mass is 9.84. The molecule has 17 heavy (non-hydrogen) atoms. The number of halogens is 1. The number of hydrogen-bond donors (Lipinski definition) is 2. The van der Waals surface area contributed by atoms with Gasteiger partial charge >= 0.3 is 6.09 Å². The molecule has 5 heteroatoms. The number of aliphatic hydroxyl groups is 1. The first-order valence-corrected chi connectivity index (χ1v) is 6.06. The first-order valence-electron chi connectivity index (χ1n) is 6.06. The van der Waals surface area contributed by atoms with E-state index in [2.05, 4.69) is 5.32 Å². The monoisotopic (exact) mass is 247 g/mol. The van der Waals surface area contributed by atoms with E-state index in [9.17, 15) is 9.18 Å². The normalized spacial score (nSPS) is 29.8. The fraction of sp³-hybridized carbons (Fsp3) is 0.917. The van der Waals surface area contributed by atoms with Crippen LogP contribution in [0, 0.1) is 5.92 Å². The number of hydrogen-bond acceptors (Lipinski definition) is 3. The summed E-state index contributed by atoms with van der Waals surface area (Å²) in [7, 11) is 0. The molecule has 0 unspecified atom stereocenters. The predicted molar refractivity (Wildman–Crippen MR) is 62.5 cm³/mol. The maximum Gasteiger partial charge on any atom is 0.407 e. The Morgan fingerprint density at radius 1 is 1.47 bits per heavy atom. The second-order valence-corrected chi connectivity index (χ2v) is 5.61. The van der Waals surface area contributed by atoms with Gasteiger partial charge in [-0.2, -0.15) is 0 Å². The first-order chi connectivity index (χ1) is 7.81. The summed E-state index contributed by atoms with van der Waals surface area (Å²) in [5, 5.41) is 11.9. The van der Waals surface area contributed by atoms with E-state index in [1.807, 2.05) is 0 Å². The molecular weight excluding hydrogens is 225 g/mol. The highest BCUT2D eigenvalue weighted by atomic mass is 19.1. The van der Waals surface area contributed by atoms with Crippen molar-refractivity contribution in [2.75, 3.05) is 6.61 Å². The van der Waals surface area contributed by atoms with Gasteiger partial charge in [-0.15, -0.1) is 0 Å². The standard InChI is InChI=1S/C12H22FNO3/c1-12(2,3)17-11(16)14-10-5-4-9(13)6-8(10)7-15/h8-10,15H,4-7H2,1-3H3,(H,14,16)/t8-,9-,10+/m1/s1. The smallest absolute Gasteiger partial charge is 0.407 e. The summed E-state index contributed by atoms with van der Waals surface area (Å²) < 4.78 is 18.3. The molecule has 0 radical (unpaired) electrons. The molecule has 3 atom stereocenters. The Bertz CT molecular complexity index is 265. The molecule has 1 aliphatic rings. The minimum Gasteiger partial charge on any atom is -0.444 e. The zero-order valence-corrected chi connectivity index (χ0v) is 10.7. The molecule has 1 saturated carbocycles. The third-order valence-electron chi connectivity index (χ3n) is 2.86. The van der Waals surface area contributed by atoms with Crippen LogP contribution in [-0.2, 0) is 4.74 Å². The molecule has 1 rings (SSSR count). The van der Waals surface area contributed by atoms with Crippen molar-refractivity contribution in [1.82, 2.24) is 5.32 Å². The van der Waals surface area contributed by atoms with Crippen molar-refractivity contribution in [2.24, 2.45) is 5.92 Å². The van der Waals surface area contributed by atoms with E-state index in [1.165, 1.54) is 0 Å². The van der Waals surface area contributed by atoms with E-state index in [1.54, 1.807) is 20.8 Å². The van der Waals surface area contributed by atoms with Gasteiger partial charge in [-0.25, -0.2) is 9.18 Å². The van der Waals surface area contributed by atoms with E-state index in [0.29, 0.717) is 19.3 Å². The Hall–Kier alpha value is -0.840. The van der Waals surface area contributed by atoms with Crippen molar-refractivity contribution < 1.29 is 19.0 Å². The Morgan fingerprint density at radius 2 is 2.12 bits per heavy atom. The topological polar surface area (TPSA) is 58.6 Å². The van der Waals surface area contributed by atoms with Crippen molar-refractivity contribution in [3.05, 3.63) is 0 Å². The van der Waals surface area contributed by atoms with Crippen LogP contribution in [0.15, 0.2) is 0 Å². The molecule has 0 aromatic heterocycles. The maximum atomic E-state index is 13.1. The average molecular weight is 247 g/mol. The molecule has 0 saturated heterocycles. The van der Waals surface area contributed by atoms with Crippen LogP contribution in [0.1, 0.15) is 40.0 Å². The van der Waals surface area contributed by atoms with Crippen molar-refractivity contribution in [3.8, 4) is 0 Å². The molecule has 0 aromatic rings. The summed E-state index contributed by atoms with van der Waals surface area (Å²) in [6, 6.07) is -0.193. The number of amides is 1. The van der Waals surface area contributed by atoms with Crippen LogP contribution in [0.4, 0.5) is 9.18 Å². The molecule has 2 N–H and O–H groups in total. The van der Waals surface area contributed by atoms with Crippen LogP contribution in [0.25, 0.3) is 0 Å². The number of carbonyl (C=O) groups is 1.